The van der Waals surface area contributed by atoms with Crippen LogP contribution in [0.5, 0.6) is 0 Å². The summed E-state index contributed by atoms with van der Waals surface area (Å²) < 4.78 is 0. The number of halogens is 2. The van der Waals surface area contributed by atoms with E-state index in [0.29, 0.717) is 21.6 Å². The van der Waals surface area contributed by atoms with E-state index < -0.39 is 0 Å². The lowest BCUT2D eigenvalue weighted by molar-refractivity contribution is -0.117. The van der Waals surface area contributed by atoms with E-state index in [1.807, 2.05) is 18.2 Å². The molecule has 5 nitrogen and oxygen atoms in total. The van der Waals surface area contributed by atoms with Crippen molar-refractivity contribution in [2.45, 2.75) is 25.7 Å². The lowest BCUT2D eigenvalue weighted by atomic mass is 10.00. The molecule has 1 amide bonds. The molecule has 0 atom stereocenters. The van der Waals surface area contributed by atoms with Gasteiger partial charge in [-0.25, -0.2) is 9.83 Å². The molecule has 5 rings (SSSR count). The third-order valence-electron chi connectivity index (χ3n) is 5.55. The third kappa shape index (κ3) is 4.04. The molecule has 1 N–H and O–H groups in total. The number of rotatable bonds is 5. The van der Waals surface area contributed by atoms with Crippen molar-refractivity contribution in [1.29, 1.82) is 0 Å². The predicted molar refractivity (Wildman–Crippen MR) is 131 cm³/mol. The van der Waals surface area contributed by atoms with Gasteiger partial charge in [0.1, 0.15) is 5.82 Å². The van der Waals surface area contributed by atoms with Crippen molar-refractivity contribution < 1.29 is 4.79 Å². The van der Waals surface area contributed by atoms with Gasteiger partial charge in [-0.2, -0.15) is 0 Å². The van der Waals surface area contributed by atoms with Crippen LogP contribution >= 0.6 is 34.5 Å². The minimum Gasteiger partial charge on any atom is -0.310 e. The molecule has 1 aliphatic carbocycles. The van der Waals surface area contributed by atoms with E-state index in [9.17, 15) is 4.79 Å². The molecule has 1 fully saturated rings. The number of benzene rings is 1. The summed E-state index contributed by atoms with van der Waals surface area (Å²) >= 11 is 14.2. The van der Waals surface area contributed by atoms with Gasteiger partial charge in [0, 0.05) is 44.0 Å². The van der Waals surface area contributed by atoms with Gasteiger partial charge in [0.05, 0.1) is 12.3 Å². The Morgan fingerprint density at radius 1 is 1.19 bits per heavy atom. The van der Waals surface area contributed by atoms with Gasteiger partial charge in [0.25, 0.3) is 0 Å². The standard InChI is InChI=1S/C24H18Cl2N4OS/c1-27-21-20(16-7-6-15(25)12-17(16)26)23(18-3-2-9-28-18)32-22(21)14-8-10-29-19(11-14)30-24(31)13-4-5-13/h6-8,10-13H,2-5,9H2,(H,29,30,31). The van der Waals surface area contributed by atoms with Gasteiger partial charge in [-0.3, -0.25) is 9.79 Å². The van der Waals surface area contributed by atoms with E-state index in [0.717, 1.165) is 64.4 Å². The smallest absolute Gasteiger partial charge is 0.228 e. The van der Waals surface area contributed by atoms with Crippen LogP contribution in [0, 0.1) is 12.5 Å². The van der Waals surface area contributed by atoms with E-state index in [2.05, 4.69) is 15.1 Å². The van der Waals surface area contributed by atoms with Gasteiger partial charge < -0.3 is 5.32 Å². The van der Waals surface area contributed by atoms with Gasteiger partial charge in [-0.1, -0.05) is 29.3 Å². The number of aliphatic imine (C=N–C) groups is 1. The van der Waals surface area contributed by atoms with Gasteiger partial charge >= 0.3 is 0 Å². The zero-order valence-electron chi connectivity index (χ0n) is 17.0. The van der Waals surface area contributed by atoms with Crippen molar-refractivity contribution in [3.63, 3.8) is 0 Å². The molecular formula is C24H18Cl2N4OS. The first-order valence-corrected chi connectivity index (χ1v) is 11.9. The number of pyridine rings is 1. The number of amides is 1. The Morgan fingerprint density at radius 2 is 2.03 bits per heavy atom. The van der Waals surface area contributed by atoms with Crippen molar-refractivity contribution in [2.24, 2.45) is 10.9 Å². The maximum atomic E-state index is 12.2. The summed E-state index contributed by atoms with van der Waals surface area (Å²) in [7, 11) is 0. The van der Waals surface area contributed by atoms with Crippen molar-refractivity contribution in [1.82, 2.24) is 4.98 Å². The summed E-state index contributed by atoms with van der Waals surface area (Å²) in [6, 6.07) is 9.03. The third-order valence-corrected chi connectivity index (χ3v) is 7.38. The molecule has 0 saturated heterocycles. The Bertz CT molecular complexity index is 1300. The maximum Gasteiger partial charge on any atom is 0.228 e. The summed E-state index contributed by atoms with van der Waals surface area (Å²) in [4.78, 5) is 26.9. The van der Waals surface area contributed by atoms with Gasteiger partial charge in [-0.15, -0.1) is 11.3 Å². The Balaban J connectivity index is 1.65. The van der Waals surface area contributed by atoms with Crippen LogP contribution in [0.15, 0.2) is 41.5 Å². The fourth-order valence-corrected chi connectivity index (χ4v) is 5.60. The molecule has 1 aliphatic heterocycles. The van der Waals surface area contributed by atoms with Crippen LogP contribution in [0.1, 0.15) is 30.6 Å². The maximum absolute atomic E-state index is 12.2. The fraction of sp³-hybridized carbons (Fsp3) is 0.250. The second-order valence-electron chi connectivity index (χ2n) is 7.85. The normalized spacial score (nSPS) is 15.3. The number of nitrogens with one attached hydrogen (secondary N) is 1. The summed E-state index contributed by atoms with van der Waals surface area (Å²) in [6.45, 7) is 8.78. The molecule has 3 aromatic rings. The quantitative estimate of drug-likeness (QED) is 0.390. The molecule has 1 saturated carbocycles. The van der Waals surface area contributed by atoms with Crippen molar-refractivity contribution in [3.8, 4) is 21.6 Å². The van der Waals surface area contributed by atoms with Crippen LogP contribution in [-0.4, -0.2) is 23.1 Å². The first-order chi connectivity index (χ1) is 15.5. The molecule has 3 heterocycles. The number of aromatic nitrogens is 1. The number of carbonyl (C=O) groups excluding carboxylic acids is 1. The first kappa shape index (κ1) is 21.1. The van der Waals surface area contributed by atoms with Gasteiger partial charge in [-0.05, 0) is 61.1 Å². The highest BCUT2D eigenvalue weighted by molar-refractivity contribution is 7.19. The fourth-order valence-electron chi connectivity index (χ4n) is 3.81. The van der Waals surface area contributed by atoms with Gasteiger partial charge in [0.15, 0.2) is 0 Å². The number of hydrogen-bond acceptors (Lipinski definition) is 4. The highest BCUT2D eigenvalue weighted by Crippen LogP contribution is 2.51. The predicted octanol–water partition coefficient (Wildman–Crippen LogP) is 7.27. The second-order valence-corrected chi connectivity index (χ2v) is 9.71. The molecule has 8 heteroatoms. The summed E-state index contributed by atoms with van der Waals surface area (Å²) in [5.41, 5.74) is 3.92. The topological polar surface area (TPSA) is 58.7 Å². The monoisotopic (exact) mass is 480 g/mol. The van der Waals surface area contributed by atoms with Crippen LogP contribution in [0.25, 0.3) is 26.4 Å². The summed E-state index contributed by atoms with van der Waals surface area (Å²) in [6.07, 6.45) is 5.38. The Kier molecular flexibility index (Phi) is 5.73. The van der Waals surface area contributed by atoms with Crippen LogP contribution in [0.4, 0.5) is 11.5 Å². The molecule has 0 unspecified atom stereocenters. The number of hydrogen-bond donors (Lipinski definition) is 1. The van der Waals surface area contributed by atoms with Crippen molar-refractivity contribution >= 4 is 57.7 Å². The van der Waals surface area contributed by atoms with E-state index in [4.69, 9.17) is 34.8 Å². The molecule has 32 heavy (non-hydrogen) atoms. The lowest BCUT2D eigenvalue weighted by Crippen LogP contribution is -2.14. The minimum atomic E-state index is 0.000803. The van der Waals surface area contributed by atoms with E-state index >= 15 is 0 Å². The molecule has 160 valence electrons. The largest absolute Gasteiger partial charge is 0.310 e. The van der Waals surface area contributed by atoms with Gasteiger partial charge in [0.2, 0.25) is 11.6 Å². The number of nitrogens with zero attached hydrogens (tertiary/aromatic N) is 3. The number of carbonyl (C=O) groups is 1. The van der Waals surface area contributed by atoms with Crippen LogP contribution in [0.2, 0.25) is 10.0 Å². The summed E-state index contributed by atoms with van der Waals surface area (Å²) in [5.74, 6) is 0.585. The van der Waals surface area contributed by atoms with E-state index in [1.54, 1.807) is 18.3 Å². The Morgan fingerprint density at radius 3 is 2.72 bits per heavy atom. The number of anilines is 1. The van der Waals surface area contributed by atoms with E-state index in [1.165, 1.54) is 11.3 Å². The van der Waals surface area contributed by atoms with Crippen LogP contribution in [0.3, 0.4) is 0 Å². The molecular weight excluding hydrogens is 463 g/mol. The molecule has 1 aromatic carbocycles. The molecule has 0 spiro atoms. The second kappa shape index (κ2) is 8.67. The number of thiophene rings is 1. The summed E-state index contributed by atoms with van der Waals surface area (Å²) in [5, 5.41) is 3.94. The van der Waals surface area contributed by atoms with Crippen molar-refractivity contribution in [2.75, 3.05) is 11.9 Å². The zero-order chi connectivity index (χ0) is 22.2. The SMILES string of the molecule is [C-]#[N+]c1c(-c2ccnc(NC(=O)C3CC3)c2)sc(C2=NCCC2)c1-c1ccc(Cl)cc1Cl. The van der Waals surface area contributed by atoms with Crippen molar-refractivity contribution in [3.05, 3.63) is 62.9 Å². The average molecular weight is 481 g/mol. The molecule has 2 aliphatic rings. The Hall–Kier alpha value is -2.72. The minimum absolute atomic E-state index is 0.000803. The average Bonchev–Trinajstić information content (AvgIpc) is 3.36. The lowest BCUT2D eigenvalue weighted by Gasteiger charge is -2.08. The zero-order valence-corrected chi connectivity index (χ0v) is 19.3. The highest BCUT2D eigenvalue weighted by Gasteiger charge is 2.30. The molecule has 0 bridgehead atoms. The van der Waals surface area contributed by atoms with Crippen LogP contribution in [-0.2, 0) is 4.79 Å². The molecule has 2 aromatic heterocycles. The van der Waals surface area contributed by atoms with Crippen LogP contribution < -0.4 is 5.32 Å². The van der Waals surface area contributed by atoms with E-state index in [-0.39, 0.29) is 11.8 Å². The molecule has 0 radical (unpaired) electrons. The first-order valence-electron chi connectivity index (χ1n) is 10.4. The Labute approximate surface area is 199 Å². The highest BCUT2D eigenvalue weighted by atomic mass is 35.5.